The summed E-state index contributed by atoms with van der Waals surface area (Å²) in [7, 11) is 0. The minimum Gasteiger partial charge on any atom is -0.472 e. The summed E-state index contributed by atoms with van der Waals surface area (Å²) in [4.78, 5) is 0. The molecule has 0 spiro atoms. The molecule has 1 aromatic heterocycles. The number of allylic oxidation sites excluding steroid dienone is 4. The highest BCUT2D eigenvalue weighted by molar-refractivity contribution is 5.98. The molecule has 0 amide bonds. The monoisotopic (exact) mass is 310 g/mol. The normalized spacial score (nSPS) is 20.7. The highest BCUT2D eigenvalue weighted by Crippen LogP contribution is 2.69. The minimum absolute atomic E-state index is 0.0662. The van der Waals surface area contributed by atoms with Crippen molar-refractivity contribution in [3.63, 3.8) is 0 Å². The van der Waals surface area contributed by atoms with Gasteiger partial charge in [0.05, 0.1) is 17.9 Å². The van der Waals surface area contributed by atoms with Crippen LogP contribution in [0.1, 0.15) is 23.6 Å². The third kappa shape index (κ3) is 1.64. The number of hydrogen-bond donors (Lipinski definition) is 0. The molecule has 0 saturated heterocycles. The first-order valence-electron chi connectivity index (χ1n) is 8.44. The Balaban J connectivity index is 1.72. The van der Waals surface area contributed by atoms with E-state index in [0.717, 1.165) is 0 Å². The summed E-state index contributed by atoms with van der Waals surface area (Å²) >= 11 is 0. The summed E-state index contributed by atoms with van der Waals surface area (Å²) in [6, 6.07) is 23.8. The van der Waals surface area contributed by atoms with E-state index in [1.165, 1.54) is 33.4 Å². The van der Waals surface area contributed by atoms with Crippen molar-refractivity contribution in [1.82, 2.24) is 0 Å². The second-order valence-corrected chi connectivity index (χ2v) is 6.65. The Morgan fingerprint density at radius 2 is 1.46 bits per heavy atom. The number of benzene rings is 2. The lowest BCUT2D eigenvalue weighted by Gasteiger charge is -2.27. The van der Waals surface area contributed by atoms with Crippen LogP contribution in [-0.4, -0.2) is 0 Å². The molecule has 5 rings (SSSR count). The van der Waals surface area contributed by atoms with Gasteiger partial charge in [-0.1, -0.05) is 73.7 Å². The second-order valence-electron chi connectivity index (χ2n) is 6.65. The van der Waals surface area contributed by atoms with Gasteiger partial charge >= 0.3 is 0 Å². The lowest BCUT2D eigenvalue weighted by atomic mass is 9.75. The van der Waals surface area contributed by atoms with Crippen molar-refractivity contribution in [3.8, 4) is 0 Å². The molecule has 24 heavy (non-hydrogen) atoms. The molecule has 2 aromatic carbocycles. The van der Waals surface area contributed by atoms with E-state index in [-0.39, 0.29) is 5.41 Å². The van der Waals surface area contributed by atoms with Crippen LogP contribution >= 0.6 is 0 Å². The first-order valence-corrected chi connectivity index (χ1v) is 8.44. The van der Waals surface area contributed by atoms with Crippen molar-refractivity contribution in [2.75, 3.05) is 0 Å². The summed E-state index contributed by atoms with van der Waals surface area (Å²) < 4.78 is 5.35. The third-order valence-corrected chi connectivity index (χ3v) is 5.37. The van der Waals surface area contributed by atoms with Gasteiger partial charge in [0.2, 0.25) is 0 Å². The van der Waals surface area contributed by atoms with Crippen molar-refractivity contribution in [1.29, 1.82) is 0 Å². The first-order chi connectivity index (χ1) is 11.8. The van der Waals surface area contributed by atoms with Crippen LogP contribution in [0, 0.1) is 5.92 Å². The molecule has 0 aliphatic heterocycles. The molecule has 0 saturated carbocycles. The van der Waals surface area contributed by atoms with Gasteiger partial charge in [0.15, 0.2) is 0 Å². The van der Waals surface area contributed by atoms with E-state index in [1.54, 1.807) is 6.26 Å². The van der Waals surface area contributed by atoms with Gasteiger partial charge in [0.25, 0.3) is 0 Å². The fourth-order valence-corrected chi connectivity index (χ4v) is 4.43. The Morgan fingerprint density at radius 1 is 0.833 bits per heavy atom. The van der Waals surface area contributed by atoms with Gasteiger partial charge in [-0.15, -0.1) is 0 Å². The largest absolute Gasteiger partial charge is 0.472 e. The minimum atomic E-state index is -0.0662. The van der Waals surface area contributed by atoms with E-state index >= 15 is 0 Å². The van der Waals surface area contributed by atoms with Gasteiger partial charge in [0, 0.05) is 5.56 Å². The van der Waals surface area contributed by atoms with Crippen molar-refractivity contribution in [3.05, 3.63) is 113 Å². The molecule has 0 bridgehead atoms. The second kappa shape index (κ2) is 4.85. The molecular weight excluding hydrogens is 292 g/mol. The lowest BCUT2D eigenvalue weighted by Crippen LogP contribution is -2.20. The summed E-state index contributed by atoms with van der Waals surface area (Å²) in [6.45, 7) is 2.30. The predicted octanol–water partition coefficient (Wildman–Crippen LogP) is 5.61. The standard InChI is InChI=1S/C23H18O/c1-16-14-20(17-12-13-24-15-17)22-21(16)23(22,18-8-4-2-5-9-18)19-10-6-3-7-11-19/h2-16H,1H3. The van der Waals surface area contributed by atoms with Crippen LogP contribution in [0.5, 0.6) is 0 Å². The number of hydrogen-bond acceptors (Lipinski definition) is 1. The molecule has 2 aliphatic carbocycles. The molecular formula is C23H18O. The Hall–Kier alpha value is -2.80. The van der Waals surface area contributed by atoms with Gasteiger partial charge in [-0.05, 0) is 39.8 Å². The Morgan fingerprint density at radius 3 is 2.00 bits per heavy atom. The molecule has 3 aromatic rings. The lowest BCUT2D eigenvalue weighted by molar-refractivity contribution is 0.566. The van der Waals surface area contributed by atoms with Gasteiger partial charge in [-0.25, -0.2) is 0 Å². The molecule has 1 heterocycles. The van der Waals surface area contributed by atoms with Crippen molar-refractivity contribution in [2.24, 2.45) is 5.92 Å². The smallest absolute Gasteiger partial charge is 0.0980 e. The maximum atomic E-state index is 5.35. The van der Waals surface area contributed by atoms with Gasteiger partial charge in [0.1, 0.15) is 0 Å². The maximum Gasteiger partial charge on any atom is 0.0980 e. The average Bonchev–Trinajstić information content (AvgIpc) is 2.92. The zero-order valence-corrected chi connectivity index (χ0v) is 13.6. The van der Waals surface area contributed by atoms with Gasteiger partial charge in [-0.2, -0.15) is 0 Å². The predicted molar refractivity (Wildman–Crippen MR) is 96.5 cm³/mol. The molecule has 1 atom stereocenters. The average molecular weight is 310 g/mol. The third-order valence-electron chi connectivity index (χ3n) is 5.37. The Kier molecular flexibility index (Phi) is 2.75. The zero-order valence-electron chi connectivity index (χ0n) is 13.6. The molecule has 0 radical (unpaired) electrons. The summed E-state index contributed by atoms with van der Waals surface area (Å²) in [5.74, 6) is 0.449. The highest BCUT2D eigenvalue weighted by atomic mass is 16.3. The maximum absolute atomic E-state index is 5.35. The number of rotatable bonds is 3. The van der Waals surface area contributed by atoms with E-state index in [0.29, 0.717) is 5.92 Å². The first kappa shape index (κ1) is 13.6. The van der Waals surface area contributed by atoms with Crippen LogP contribution in [0.25, 0.3) is 5.57 Å². The Bertz CT molecular complexity index is 904. The van der Waals surface area contributed by atoms with Gasteiger partial charge in [-0.3, -0.25) is 0 Å². The SMILES string of the molecule is CC1C=C(c2ccoc2)C2=C1C2(c1ccccc1)c1ccccc1. The topological polar surface area (TPSA) is 13.1 Å². The molecule has 2 aliphatic rings. The zero-order chi connectivity index (χ0) is 16.1. The summed E-state index contributed by atoms with van der Waals surface area (Å²) in [6.07, 6.45) is 5.99. The molecule has 0 N–H and O–H groups in total. The van der Waals surface area contributed by atoms with Crippen molar-refractivity contribution >= 4 is 5.57 Å². The van der Waals surface area contributed by atoms with Crippen LogP contribution in [0.3, 0.4) is 0 Å². The quantitative estimate of drug-likeness (QED) is 0.613. The molecule has 1 nitrogen and oxygen atoms in total. The fourth-order valence-electron chi connectivity index (χ4n) is 4.43. The van der Waals surface area contributed by atoms with Crippen molar-refractivity contribution < 1.29 is 4.42 Å². The van der Waals surface area contributed by atoms with Crippen LogP contribution in [0.4, 0.5) is 0 Å². The van der Waals surface area contributed by atoms with E-state index in [4.69, 9.17) is 4.42 Å². The molecule has 116 valence electrons. The summed E-state index contributed by atoms with van der Waals surface area (Å²) in [5, 5.41) is 0. The fraction of sp³-hybridized carbons (Fsp3) is 0.130. The molecule has 0 fully saturated rings. The van der Waals surface area contributed by atoms with Crippen LogP contribution in [0.15, 0.2) is 101 Å². The highest BCUT2D eigenvalue weighted by Gasteiger charge is 2.60. The van der Waals surface area contributed by atoms with Crippen LogP contribution in [-0.2, 0) is 5.41 Å². The van der Waals surface area contributed by atoms with Crippen molar-refractivity contribution in [2.45, 2.75) is 12.3 Å². The summed E-state index contributed by atoms with van der Waals surface area (Å²) in [5.41, 5.74) is 8.18. The van der Waals surface area contributed by atoms with Crippen LogP contribution in [0.2, 0.25) is 0 Å². The van der Waals surface area contributed by atoms with E-state index in [1.807, 2.05) is 6.26 Å². The van der Waals surface area contributed by atoms with Gasteiger partial charge < -0.3 is 4.42 Å². The van der Waals surface area contributed by atoms with E-state index < -0.39 is 0 Å². The molecule has 1 unspecified atom stereocenters. The molecule has 1 heteroatoms. The number of furan rings is 1. The van der Waals surface area contributed by atoms with E-state index in [9.17, 15) is 0 Å². The van der Waals surface area contributed by atoms with E-state index in [2.05, 4.69) is 79.7 Å². The van der Waals surface area contributed by atoms with Crippen LogP contribution < -0.4 is 0 Å². The Labute approximate surface area is 142 Å².